The van der Waals surface area contributed by atoms with Gasteiger partial charge in [-0.05, 0) is 62.9 Å². The Hall–Kier alpha value is -2.21. The van der Waals surface area contributed by atoms with Crippen molar-refractivity contribution in [1.82, 2.24) is 25.0 Å². The van der Waals surface area contributed by atoms with Crippen LogP contribution in [0.5, 0.6) is 0 Å². The lowest BCUT2D eigenvalue weighted by Crippen LogP contribution is -2.46. The molecule has 0 radical (unpaired) electrons. The first-order valence-electron chi connectivity index (χ1n) is 10.8. The molecule has 6 heteroatoms. The summed E-state index contributed by atoms with van der Waals surface area (Å²) in [6, 6.07) is 5.81. The number of amides is 1. The van der Waals surface area contributed by atoms with Gasteiger partial charge in [-0.1, -0.05) is 25.7 Å². The summed E-state index contributed by atoms with van der Waals surface area (Å²) in [5, 5.41) is 7.49. The average Bonchev–Trinajstić information content (AvgIpc) is 3.15. The van der Waals surface area contributed by atoms with Gasteiger partial charge in [0, 0.05) is 31.2 Å². The monoisotopic (exact) mass is 381 g/mol. The van der Waals surface area contributed by atoms with Crippen LogP contribution in [0.3, 0.4) is 0 Å². The number of hydrogen-bond acceptors (Lipinski definition) is 4. The van der Waals surface area contributed by atoms with Crippen LogP contribution in [0.15, 0.2) is 36.8 Å². The van der Waals surface area contributed by atoms with Crippen LogP contribution in [0.2, 0.25) is 0 Å². The van der Waals surface area contributed by atoms with Crippen molar-refractivity contribution in [2.45, 2.75) is 57.4 Å². The maximum atomic E-state index is 12.8. The molecule has 1 saturated carbocycles. The fraction of sp³-hybridized carbons (Fsp3) is 0.591. The molecule has 1 aliphatic heterocycles. The number of nitrogens with one attached hydrogen (secondary N) is 1. The second-order valence-electron chi connectivity index (χ2n) is 8.20. The molecule has 2 aromatic heterocycles. The van der Waals surface area contributed by atoms with Gasteiger partial charge in [0.1, 0.15) is 0 Å². The zero-order valence-electron chi connectivity index (χ0n) is 16.6. The summed E-state index contributed by atoms with van der Waals surface area (Å²) in [5.74, 6) is 1.28. The molecular formula is C22H31N5O. The van der Waals surface area contributed by atoms with Crippen LogP contribution >= 0.6 is 0 Å². The maximum Gasteiger partial charge on any atom is 0.253 e. The molecule has 2 aliphatic rings. The average molecular weight is 382 g/mol. The van der Waals surface area contributed by atoms with Crippen molar-refractivity contribution < 1.29 is 4.79 Å². The molecule has 0 aromatic carbocycles. The zero-order valence-corrected chi connectivity index (χ0v) is 16.6. The van der Waals surface area contributed by atoms with E-state index in [9.17, 15) is 4.79 Å². The Morgan fingerprint density at radius 3 is 2.61 bits per heavy atom. The summed E-state index contributed by atoms with van der Waals surface area (Å²) in [5.41, 5.74) is 0.620. The molecule has 1 unspecified atom stereocenters. The van der Waals surface area contributed by atoms with E-state index in [1.54, 1.807) is 17.1 Å². The summed E-state index contributed by atoms with van der Waals surface area (Å²) >= 11 is 0. The Morgan fingerprint density at radius 1 is 1.07 bits per heavy atom. The third-order valence-electron chi connectivity index (χ3n) is 6.17. The van der Waals surface area contributed by atoms with E-state index in [1.807, 2.05) is 24.4 Å². The topological polar surface area (TPSA) is 63.1 Å². The minimum Gasteiger partial charge on any atom is -0.349 e. The summed E-state index contributed by atoms with van der Waals surface area (Å²) < 4.78 is 1.69. The molecule has 1 amide bonds. The summed E-state index contributed by atoms with van der Waals surface area (Å²) in [6.07, 6.45) is 15.4. The first-order chi connectivity index (χ1) is 13.8. The number of rotatable bonds is 5. The lowest BCUT2D eigenvalue weighted by atomic mass is 9.84. The molecule has 1 saturated heterocycles. The van der Waals surface area contributed by atoms with E-state index in [-0.39, 0.29) is 11.9 Å². The Bertz CT molecular complexity index is 735. The van der Waals surface area contributed by atoms with Crippen LogP contribution < -0.4 is 5.32 Å². The van der Waals surface area contributed by atoms with Gasteiger partial charge in [0.25, 0.3) is 5.91 Å². The van der Waals surface area contributed by atoms with Gasteiger partial charge < -0.3 is 10.2 Å². The molecule has 0 bridgehead atoms. The molecule has 1 N–H and O–H groups in total. The van der Waals surface area contributed by atoms with Gasteiger partial charge in [0.05, 0.1) is 5.56 Å². The number of nitrogens with zero attached hydrogens (tertiary/aromatic N) is 4. The number of pyridine rings is 1. The number of hydrogen-bond donors (Lipinski definition) is 1. The minimum absolute atomic E-state index is 0.00715. The molecule has 6 nitrogen and oxygen atoms in total. The molecule has 0 spiro atoms. The van der Waals surface area contributed by atoms with Crippen molar-refractivity contribution in [1.29, 1.82) is 0 Å². The highest BCUT2D eigenvalue weighted by atomic mass is 16.1. The van der Waals surface area contributed by atoms with E-state index in [2.05, 4.69) is 20.3 Å². The Balaban J connectivity index is 1.37. The van der Waals surface area contributed by atoms with E-state index < -0.39 is 0 Å². The van der Waals surface area contributed by atoms with E-state index in [0.717, 1.165) is 18.8 Å². The second-order valence-corrected chi connectivity index (χ2v) is 8.20. The normalized spacial score (nSPS) is 23.9. The Kier molecular flexibility index (Phi) is 6.37. The van der Waals surface area contributed by atoms with Crippen molar-refractivity contribution in [2.24, 2.45) is 5.92 Å². The van der Waals surface area contributed by atoms with E-state index >= 15 is 0 Å². The molecule has 1 aliphatic carbocycles. The fourth-order valence-electron chi connectivity index (χ4n) is 4.58. The highest BCUT2D eigenvalue weighted by Crippen LogP contribution is 2.26. The highest BCUT2D eigenvalue weighted by Gasteiger charge is 2.28. The molecule has 3 heterocycles. The second kappa shape index (κ2) is 9.32. The summed E-state index contributed by atoms with van der Waals surface area (Å²) in [4.78, 5) is 19.8. The quantitative estimate of drug-likeness (QED) is 0.862. The molecule has 2 fully saturated rings. The molecule has 2 aromatic rings. The Morgan fingerprint density at radius 2 is 1.89 bits per heavy atom. The smallest absolute Gasteiger partial charge is 0.253 e. The van der Waals surface area contributed by atoms with Crippen LogP contribution in [0.25, 0.3) is 5.82 Å². The van der Waals surface area contributed by atoms with Crippen molar-refractivity contribution in [3.8, 4) is 5.82 Å². The maximum absolute atomic E-state index is 12.8. The van der Waals surface area contributed by atoms with Gasteiger partial charge in [-0.3, -0.25) is 4.79 Å². The van der Waals surface area contributed by atoms with E-state index in [4.69, 9.17) is 0 Å². The number of likely N-dealkylation sites (tertiary alicyclic amines) is 1. The predicted molar refractivity (Wildman–Crippen MR) is 109 cm³/mol. The third kappa shape index (κ3) is 4.79. The SMILES string of the molecule is O=C(N[C@H]1CCCCC1CN1CCCCCC1)c1ccc(-n2cccn2)nc1. The molecule has 4 rings (SSSR count). The summed E-state index contributed by atoms with van der Waals surface area (Å²) in [7, 11) is 0. The van der Waals surface area contributed by atoms with Crippen LogP contribution in [-0.2, 0) is 0 Å². The van der Waals surface area contributed by atoms with Gasteiger partial charge >= 0.3 is 0 Å². The van der Waals surface area contributed by atoms with Crippen molar-refractivity contribution in [3.63, 3.8) is 0 Å². The highest BCUT2D eigenvalue weighted by molar-refractivity contribution is 5.94. The first kappa shape index (κ1) is 19.1. The van der Waals surface area contributed by atoms with E-state index in [0.29, 0.717) is 11.5 Å². The third-order valence-corrected chi connectivity index (χ3v) is 6.17. The van der Waals surface area contributed by atoms with Gasteiger partial charge in [-0.2, -0.15) is 5.10 Å². The van der Waals surface area contributed by atoms with E-state index in [1.165, 1.54) is 58.0 Å². The predicted octanol–water partition coefficient (Wildman–Crippen LogP) is 3.43. The lowest BCUT2D eigenvalue weighted by Gasteiger charge is -2.35. The fourth-order valence-corrected chi connectivity index (χ4v) is 4.58. The summed E-state index contributed by atoms with van der Waals surface area (Å²) in [6.45, 7) is 3.56. The molecule has 150 valence electrons. The minimum atomic E-state index is -0.00715. The van der Waals surface area contributed by atoms with Gasteiger partial charge in [0.15, 0.2) is 5.82 Å². The number of carbonyl (C=O) groups is 1. The Labute approximate surface area is 167 Å². The van der Waals surface area contributed by atoms with Crippen LogP contribution in [-0.4, -0.2) is 51.2 Å². The zero-order chi connectivity index (χ0) is 19.2. The number of carbonyl (C=O) groups excluding carboxylic acids is 1. The first-order valence-corrected chi connectivity index (χ1v) is 10.8. The molecule has 2 atom stereocenters. The van der Waals surface area contributed by atoms with Crippen LogP contribution in [0, 0.1) is 5.92 Å². The molecule has 28 heavy (non-hydrogen) atoms. The number of aromatic nitrogens is 3. The van der Waals surface area contributed by atoms with Crippen molar-refractivity contribution in [3.05, 3.63) is 42.4 Å². The van der Waals surface area contributed by atoms with Crippen molar-refractivity contribution in [2.75, 3.05) is 19.6 Å². The van der Waals surface area contributed by atoms with Gasteiger partial charge in [-0.25, -0.2) is 9.67 Å². The van der Waals surface area contributed by atoms with Gasteiger partial charge in [0.2, 0.25) is 0 Å². The van der Waals surface area contributed by atoms with Crippen LogP contribution in [0.4, 0.5) is 0 Å². The lowest BCUT2D eigenvalue weighted by molar-refractivity contribution is 0.0885. The van der Waals surface area contributed by atoms with Crippen molar-refractivity contribution >= 4 is 5.91 Å². The molecular weight excluding hydrogens is 350 g/mol. The standard InChI is InChI=1S/C22H31N5O/c28-22(18-10-11-21(23-16-18)27-15-7-12-24-27)25-20-9-4-3-8-19(20)17-26-13-5-1-2-6-14-26/h7,10-12,15-16,19-20H,1-6,8-9,13-14,17H2,(H,25,28)/t19?,20-/m0/s1. The van der Waals surface area contributed by atoms with Gasteiger partial charge in [-0.15, -0.1) is 0 Å². The largest absolute Gasteiger partial charge is 0.349 e. The van der Waals surface area contributed by atoms with Crippen LogP contribution in [0.1, 0.15) is 61.7 Å².